The van der Waals surface area contributed by atoms with Crippen molar-refractivity contribution in [1.29, 1.82) is 0 Å². The van der Waals surface area contributed by atoms with E-state index in [9.17, 15) is 4.79 Å². The van der Waals surface area contributed by atoms with Crippen LogP contribution in [-0.2, 0) is 0 Å². The van der Waals surface area contributed by atoms with Crippen LogP contribution in [0.15, 0.2) is 24.3 Å². The van der Waals surface area contributed by atoms with Crippen LogP contribution in [0.25, 0.3) is 0 Å². The summed E-state index contributed by atoms with van der Waals surface area (Å²) in [6.45, 7) is 8.92. The van der Waals surface area contributed by atoms with Crippen molar-refractivity contribution in [2.75, 3.05) is 52.4 Å². The zero-order valence-electron chi connectivity index (χ0n) is 19.3. The lowest BCUT2D eigenvalue weighted by Crippen LogP contribution is -2.42. The number of nitrogens with zero attached hydrogens (tertiary/aromatic N) is 3. The molecular weight excluding hydrogens is 386 g/mol. The molecule has 1 aromatic rings. The molecule has 31 heavy (non-hydrogen) atoms. The summed E-state index contributed by atoms with van der Waals surface area (Å²) in [5.74, 6) is 1.06. The molecule has 0 aromatic heterocycles. The Morgan fingerprint density at radius 1 is 0.806 bits per heavy atom. The van der Waals surface area contributed by atoms with Crippen LogP contribution in [-0.4, -0.2) is 79.1 Å². The van der Waals surface area contributed by atoms with E-state index in [1.807, 2.05) is 24.3 Å². The summed E-state index contributed by atoms with van der Waals surface area (Å²) < 4.78 is 5.92. The van der Waals surface area contributed by atoms with Crippen LogP contribution >= 0.6 is 0 Å². The number of amides is 1. The van der Waals surface area contributed by atoms with Crippen LogP contribution in [0.2, 0.25) is 0 Å². The van der Waals surface area contributed by atoms with Crippen LogP contribution in [0.1, 0.15) is 74.6 Å². The third-order valence-corrected chi connectivity index (χ3v) is 7.24. The molecule has 5 nitrogen and oxygen atoms in total. The largest absolute Gasteiger partial charge is 0.494 e. The van der Waals surface area contributed by atoms with Crippen LogP contribution in [0.4, 0.5) is 0 Å². The highest BCUT2D eigenvalue weighted by molar-refractivity contribution is 5.94. The van der Waals surface area contributed by atoms with Crippen molar-refractivity contribution in [1.82, 2.24) is 14.7 Å². The average Bonchev–Trinajstić information content (AvgIpc) is 3.49. The van der Waals surface area contributed by atoms with Crippen molar-refractivity contribution in [3.63, 3.8) is 0 Å². The van der Waals surface area contributed by atoms with E-state index < -0.39 is 0 Å². The maximum Gasteiger partial charge on any atom is 0.254 e. The molecule has 3 saturated heterocycles. The lowest BCUT2D eigenvalue weighted by molar-refractivity contribution is 0.0708. The van der Waals surface area contributed by atoms with Gasteiger partial charge in [0.15, 0.2) is 0 Å². The molecule has 3 heterocycles. The van der Waals surface area contributed by atoms with Crippen molar-refractivity contribution < 1.29 is 9.53 Å². The number of hydrogen-bond donors (Lipinski definition) is 0. The van der Waals surface area contributed by atoms with E-state index >= 15 is 0 Å². The first-order valence-corrected chi connectivity index (χ1v) is 12.8. The van der Waals surface area contributed by atoms with Gasteiger partial charge in [0.2, 0.25) is 0 Å². The average molecular weight is 428 g/mol. The second-order valence-electron chi connectivity index (χ2n) is 9.64. The van der Waals surface area contributed by atoms with Gasteiger partial charge in [-0.15, -0.1) is 0 Å². The molecule has 0 N–H and O–H groups in total. The molecule has 1 aromatic carbocycles. The fraction of sp³-hybridized carbons (Fsp3) is 0.731. The zero-order valence-corrected chi connectivity index (χ0v) is 19.3. The number of benzene rings is 1. The molecule has 3 fully saturated rings. The van der Waals surface area contributed by atoms with E-state index in [0.717, 1.165) is 50.3 Å². The molecule has 1 atom stereocenters. The van der Waals surface area contributed by atoms with Crippen LogP contribution in [0, 0.1) is 0 Å². The Kier molecular flexibility index (Phi) is 8.65. The molecule has 5 heteroatoms. The summed E-state index contributed by atoms with van der Waals surface area (Å²) in [5.41, 5.74) is 0.794. The van der Waals surface area contributed by atoms with E-state index in [0.29, 0.717) is 6.04 Å². The van der Waals surface area contributed by atoms with Crippen molar-refractivity contribution in [2.24, 2.45) is 0 Å². The number of carbonyl (C=O) groups is 1. The van der Waals surface area contributed by atoms with E-state index in [-0.39, 0.29) is 5.91 Å². The molecule has 3 aliphatic heterocycles. The van der Waals surface area contributed by atoms with Gasteiger partial charge in [-0.25, -0.2) is 0 Å². The van der Waals surface area contributed by atoms with Crippen molar-refractivity contribution in [2.45, 2.75) is 70.3 Å². The first-order valence-electron chi connectivity index (χ1n) is 12.8. The topological polar surface area (TPSA) is 36.0 Å². The van der Waals surface area contributed by atoms with Gasteiger partial charge >= 0.3 is 0 Å². The Bertz CT molecular complexity index is 666. The molecule has 1 amide bonds. The molecule has 172 valence electrons. The van der Waals surface area contributed by atoms with Gasteiger partial charge in [0.05, 0.1) is 6.61 Å². The van der Waals surface area contributed by atoms with Crippen LogP contribution < -0.4 is 4.74 Å². The smallest absolute Gasteiger partial charge is 0.254 e. The van der Waals surface area contributed by atoms with Crippen LogP contribution in [0.3, 0.4) is 0 Å². The van der Waals surface area contributed by atoms with Gasteiger partial charge < -0.3 is 19.4 Å². The Balaban J connectivity index is 1.15. The predicted molar refractivity (Wildman–Crippen MR) is 126 cm³/mol. The molecule has 0 spiro atoms. The molecule has 0 radical (unpaired) electrons. The van der Waals surface area contributed by atoms with E-state index in [1.165, 1.54) is 77.7 Å². The van der Waals surface area contributed by atoms with Crippen molar-refractivity contribution >= 4 is 5.91 Å². The molecule has 0 unspecified atom stereocenters. The van der Waals surface area contributed by atoms with E-state index in [4.69, 9.17) is 4.74 Å². The number of likely N-dealkylation sites (tertiary alicyclic amines) is 3. The number of hydrogen-bond acceptors (Lipinski definition) is 4. The van der Waals surface area contributed by atoms with Crippen molar-refractivity contribution in [3.8, 4) is 5.75 Å². The van der Waals surface area contributed by atoms with Gasteiger partial charge in [-0.05, 0) is 115 Å². The Morgan fingerprint density at radius 2 is 1.52 bits per heavy atom. The molecule has 0 aliphatic carbocycles. The summed E-state index contributed by atoms with van der Waals surface area (Å²) in [4.78, 5) is 20.3. The molecule has 4 rings (SSSR count). The second kappa shape index (κ2) is 11.9. The Labute approximate surface area is 188 Å². The summed E-state index contributed by atoms with van der Waals surface area (Å²) in [7, 11) is 0. The monoisotopic (exact) mass is 427 g/mol. The van der Waals surface area contributed by atoms with Gasteiger partial charge in [0, 0.05) is 24.7 Å². The van der Waals surface area contributed by atoms with Gasteiger partial charge in [-0.1, -0.05) is 6.42 Å². The minimum Gasteiger partial charge on any atom is -0.494 e. The number of unbranched alkanes of at least 4 members (excludes halogenated alkanes) is 2. The van der Waals surface area contributed by atoms with Gasteiger partial charge in [-0.3, -0.25) is 4.79 Å². The number of carbonyl (C=O) groups excluding carboxylic acids is 1. The SMILES string of the molecule is O=C(c1ccc(OCCCCCN2CCCCC2)cc1)N1CCC[C@H]1CN1CCCC1. The summed E-state index contributed by atoms with van der Waals surface area (Å²) in [6.07, 6.45) is 12.6. The lowest BCUT2D eigenvalue weighted by atomic mass is 10.1. The predicted octanol–water partition coefficient (Wildman–Crippen LogP) is 4.42. The number of ether oxygens (including phenoxy) is 1. The van der Waals surface area contributed by atoms with Gasteiger partial charge in [-0.2, -0.15) is 0 Å². The lowest BCUT2D eigenvalue weighted by Gasteiger charge is -2.28. The van der Waals surface area contributed by atoms with Crippen LogP contribution in [0.5, 0.6) is 5.75 Å². The molecule has 0 saturated carbocycles. The number of piperidine rings is 1. The maximum absolute atomic E-state index is 13.1. The highest BCUT2D eigenvalue weighted by Gasteiger charge is 2.31. The summed E-state index contributed by atoms with van der Waals surface area (Å²) in [5, 5.41) is 0. The molecular formula is C26H41N3O2. The normalized spacial score (nSPS) is 22.8. The second-order valence-corrected chi connectivity index (χ2v) is 9.64. The van der Waals surface area contributed by atoms with E-state index in [2.05, 4.69) is 14.7 Å². The van der Waals surface area contributed by atoms with E-state index in [1.54, 1.807) is 0 Å². The van der Waals surface area contributed by atoms with Gasteiger partial charge in [0.25, 0.3) is 5.91 Å². The van der Waals surface area contributed by atoms with Crippen molar-refractivity contribution in [3.05, 3.63) is 29.8 Å². The Hall–Kier alpha value is -1.59. The number of rotatable bonds is 10. The molecule has 3 aliphatic rings. The third kappa shape index (κ3) is 6.69. The third-order valence-electron chi connectivity index (χ3n) is 7.24. The fourth-order valence-corrected chi connectivity index (χ4v) is 5.40. The zero-order chi connectivity index (χ0) is 21.3. The summed E-state index contributed by atoms with van der Waals surface area (Å²) >= 11 is 0. The highest BCUT2D eigenvalue weighted by atomic mass is 16.5. The summed E-state index contributed by atoms with van der Waals surface area (Å²) in [6, 6.07) is 8.20. The molecule has 0 bridgehead atoms. The van der Waals surface area contributed by atoms with Gasteiger partial charge in [0.1, 0.15) is 5.75 Å². The first-order chi connectivity index (χ1) is 15.3. The Morgan fingerprint density at radius 3 is 2.29 bits per heavy atom. The standard InChI is InChI=1S/C26H41N3O2/c30-26(29-20-9-10-24(29)22-28-18-6-7-19-28)23-11-13-25(14-12-23)31-21-8-2-5-17-27-15-3-1-4-16-27/h11-14,24H,1-10,15-22H2/t24-/m0/s1. The minimum atomic E-state index is 0.186. The first kappa shape index (κ1) is 22.6. The highest BCUT2D eigenvalue weighted by Crippen LogP contribution is 2.23. The fourth-order valence-electron chi connectivity index (χ4n) is 5.40. The maximum atomic E-state index is 13.1. The quantitative estimate of drug-likeness (QED) is 0.518. The minimum absolute atomic E-state index is 0.186.